The van der Waals surface area contributed by atoms with Gasteiger partial charge in [0.25, 0.3) is 0 Å². The molecule has 0 aromatic heterocycles. The van der Waals surface area contributed by atoms with Crippen LogP contribution in [0.4, 0.5) is 16.2 Å². The van der Waals surface area contributed by atoms with Crippen molar-refractivity contribution in [3.63, 3.8) is 0 Å². The average molecular weight is 320 g/mol. The Labute approximate surface area is 138 Å². The van der Waals surface area contributed by atoms with Gasteiger partial charge in [0.15, 0.2) is 0 Å². The van der Waals surface area contributed by atoms with E-state index in [0.29, 0.717) is 6.04 Å². The topological polar surface area (TPSA) is 59.6 Å². The van der Waals surface area contributed by atoms with Crippen LogP contribution in [0.1, 0.15) is 47.5 Å². The lowest BCUT2D eigenvalue weighted by Gasteiger charge is -2.33. The minimum absolute atomic E-state index is 0.238. The molecule has 1 heterocycles. The van der Waals surface area contributed by atoms with Crippen LogP contribution in [0.2, 0.25) is 0 Å². The van der Waals surface area contributed by atoms with Crippen molar-refractivity contribution in [2.24, 2.45) is 0 Å². The summed E-state index contributed by atoms with van der Waals surface area (Å²) in [5.41, 5.74) is 1.12. The normalized spacial score (nSPS) is 24.8. The third-order valence-corrected chi connectivity index (χ3v) is 3.62. The van der Waals surface area contributed by atoms with Crippen molar-refractivity contribution in [2.75, 3.05) is 10.6 Å². The number of hydrogen-bond donors (Lipinski definition) is 2. The molecule has 0 bridgehead atoms. The van der Waals surface area contributed by atoms with Crippen LogP contribution in [0.25, 0.3) is 0 Å². The molecule has 128 valence electrons. The molecular weight excluding hydrogens is 292 g/mol. The second-order valence-corrected chi connectivity index (χ2v) is 7.24. The number of rotatable bonds is 3. The molecule has 0 radical (unpaired) electrons. The van der Waals surface area contributed by atoms with E-state index in [0.717, 1.165) is 24.2 Å². The highest BCUT2D eigenvalue weighted by Crippen LogP contribution is 2.27. The summed E-state index contributed by atoms with van der Waals surface area (Å²) in [6.45, 7) is 9.73. The Morgan fingerprint density at radius 2 is 1.70 bits per heavy atom. The van der Waals surface area contributed by atoms with Gasteiger partial charge in [-0.3, -0.25) is 5.32 Å². The second-order valence-electron chi connectivity index (χ2n) is 7.24. The summed E-state index contributed by atoms with van der Waals surface area (Å²) in [5.74, 6) is 0. The zero-order valence-electron chi connectivity index (χ0n) is 14.7. The first-order valence-corrected chi connectivity index (χ1v) is 8.24. The maximum atomic E-state index is 12.0. The van der Waals surface area contributed by atoms with Crippen LogP contribution in [0.5, 0.6) is 0 Å². The Kier molecular flexibility index (Phi) is 5.52. The van der Waals surface area contributed by atoms with Crippen molar-refractivity contribution >= 4 is 17.5 Å². The van der Waals surface area contributed by atoms with E-state index in [2.05, 4.69) is 24.5 Å². The van der Waals surface area contributed by atoms with Gasteiger partial charge in [-0.2, -0.15) is 0 Å². The van der Waals surface area contributed by atoms with Gasteiger partial charge < -0.3 is 14.8 Å². The monoisotopic (exact) mass is 320 g/mol. The van der Waals surface area contributed by atoms with Gasteiger partial charge in [0.2, 0.25) is 0 Å². The van der Waals surface area contributed by atoms with Crippen molar-refractivity contribution in [3.05, 3.63) is 24.3 Å². The van der Waals surface area contributed by atoms with Crippen molar-refractivity contribution in [1.82, 2.24) is 0 Å². The van der Waals surface area contributed by atoms with Gasteiger partial charge in [0.1, 0.15) is 5.60 Å². The van der Waals surface area contributed by atoms with Gasteiger partial charge in [-0.1, -0.05) is 12.1 Å². The molecule has 0 spiro atoms. The van der Waals surface area contributed by atoms with Gasteiger partial charge in [-0.25, -0.2) is 4.79 Å². The molecule has 1 amide bonds. The predicted molar refractivity (Wildman–Crippen MR) is 93.0 cm³/mol. The van der Waals surface area contributed by atoms with Gasteiger partial charge in [-0.05, 0) is 59.6 Å². The van der Waals surface area contributed by atoms with Gasteiger partial charge in [0.05, 0.1) is 23.6 Å². The van der Waals surface area contributed by atoms with Crippen LogP contribution in [-0.4, -0.2) is 29.9 Å². The summed E-state index contributed by atoms with van der Waals surface area (Å²) in [4.78, 5) is 12.0. The van der Waals surface area contributed by atoms with Crippen LogP contribution in [-0.2, 0) is 9.47 Å². The van der Waals surface area contributed by atoms with E-state index in [4.69, 9.17) is 9.47 Å². The number of nitrogens with one attached hydrogen (secondary N) is 2. The van der Waals surface area contributed by atoms with Crippen molar-refractivity contribution in [1.29, 1.82) is 0 Å². The van der Waals surface area contributed by atoms with E-state index in [-0.39, 0.29) is 12.2 Å². The molecule has 0 saturated carbocycles. The summed E-state index contributed by atoms with van der Waals surface area (Å²) in [6.07, 6.45) is 1.93. The fourth-order valence-corrected chi connectivity index (χ4v) is 2.87. The number of ether oxygens (including phenoxy) is 2. The smallest absolute Gasteiger partial charge is 0.412 e. The van der Waals surface area contributed by atoms with Gasteiger partial charge >= 0.3 is 6.09 Å². The fourth-order valence-electron chi connectivity index (χ4n) is 2.87. The third kappa shape index (κ3) is 5.75. The first kappa shape index (κ1) is 17.6. The largest absolute Gasteiger partial charge is 0.444 e. The Morgan fingerprint density at radius 1 is 1.13 bits per heavy atom. The molecule has 1 saturated heterocycles. The van der Waals surface area contributed by atoms with Crippen molar-refractivity contribution in [3.8, 4) is 0 Å². The lowest BCUT2D eigenvalue weighted by Crippen LogP contribution is -2.37. The lowest BCUT2D eigenvalue weighted by molar-refractivity contribution is -0.0337. The molecule has 2 N–H and O–H groups in total. The number of carbonyl (C=O) groups is 1. The molecule has 2 rings (SSSR count). The predicted octanol–water partition coefficient (Wildman–Crippen LogP) is 4.40. The molecule has 1 aliphatic heterocycles. The summed E-state index contributed by atoms with van der Waals surface area (Å²) >= 11 is 0. The third-order valence-electron chi connectivity index (χ3n) is 3.62. The van der Waals surface area contributed by atoms with Gasteiger partial charge in [0, 0.05) is 6.04 Å². The summed E-state index contributed by atoms with van der Waals surface area (Å²) < 4.78 is 11.1. The van der Waals surface area contributed by atoms with E-state index in [9.17, 15) is 4.79 Å². The molecule has 1 aromatic carbocycles. The number of amides is 1. The van der Waals surface area contributed by atoms with Crippen LogP contribution < -0.4 is 10.6 Å². The maximum absolute atomic E-state index is 12.0. The van der Waals surface area contributed by atoms with Crippen molar-refractivity contribution < 1.29 is 14.3 Å². The molecular formula is C18H28N2O3. The highest BCUT2D eigenvalue weighted by atomic mass is 16.6. The van der Waals surface area contributed by atoms with Crippen LogP contribution in [0.15, 0.2) is 24.3 Å². The number of benzene rings is 1. The minimum atomic E-state index is -0.516. The van der Waals surface area contributed by atoms with E-state index in [1.165, 1.54) is 0 Å². The molecule has 5 nitrogen and oxygen atoms in total. The summed E-state index contributed by atoms with van der Waals surface area (Å²) in [6, 6.07) is 8.02. The lowest BCUT2D eigenvalue weighted by atomic mass is 9.99. The maximum Gasteiger partial charge on any atom is 0.412 e. The quantitative estimate of drug-likeness (QED) is 0.866. The van der Waals surface area contributed by atoms with Crippen molar-refractivity contribution in [2.45, 2.75) is 71.3 Å². The number of anilines is 2. The van der Waals surface area contributed by atoms with Crippen LogP contribution in [0, 0.1) is 0 Å². The fraction of sp³-hybridized carbons (Fsp3) is 0.611. The zero-order chi connectivity index (χ0) is 17.0. The van der Waals surface area contributed by atoms with Gasteiger partial charge in [-0.15, -0.1) is 0 Å². The SMILES string of the molecule is CC1CC(Nc2ccccc2NC(=O)OC(C)(C)C)CC(C)O1. The summed E-state index contributed by atoms with van der Waals surface area (Å²) in [5, 5.41) is 6.35. The molecule has 5 heteroatoms. The zero-order valence-corrected chi connectivity index (χ0v) is 14.7. The van der Waals surface area contributed by atoms with Crippen LogP contribution >= 0.6 is 0 Å². The van der Waals surface area contributed by atoms with Crippen LogP contribution in [0.3, 0.4) is 0 Å². The minimum Gasteiger partial charge on any atom is -0.444 e. The van der Waals surface area contributed by atoms with E-state index in [1.807, 2.05) is 45.0 Å². The highest BCUT2D eigenvalue weighted by Gasteiger charge is 2.25. The number of carbonyl (C=O) groups excluding carboxylic acids is 1. The molecule has 1 aromatic rings. The summed E-state index contributed by atoms with van der Waals surface area (Å²) in [7, 11) is 0. The Morgan fingerprint density at radius 3 is 2.26 bits per heavy atom. The first-order chi connectivity index (χ1) is 10.7. The number of hydrogen-bond acceptors (Lipinski definition) is 4. The number of para-hydroxylation sites is 2. The average Bonchev–Trinajstić information content (AvgIpc) is 2.37. The highest BCUT2D eigenvalue weighted by molar-refractivity contribution is 5.89. The Balaban J connectivity index is 2.04. The Bertz CT molecular complexity index is 529. The standard InChI is InChI=1S/C18H28N2O3/c1-12-10-14(11-13(2)22-12)19-15-8-6-7-9-16(15)20-17(21)23-18(3,4)5/h6-9,12-14,19H,10-11H2,1-5H3,(H,20,21). The molecule has 23 heavy (non-hydrogen) atoms. The molecule has 2 atom stereocenters. The Hall–Kier alpha value is -1.75. The van der Waals surface area contributed by atoms with E-state index in [1.54, 1.807) is 0 Å². The molecule has 0 aliphatic carbocycles. The molecule has 1 aliphatic rings. The molecule has 2 unspecified atom stereocenters. The second kappa shape index (κ2) is 7.21. The van der Waals surface area contributed by atoms with E-state index < -0.39 is 11.7 Å². The first-order valence-electron chi connectivity index (χ1n) is 8.24. The van der Waals surface area contributed by atoms with E-state index >= 15 is 0 Å². The molecule has 1 fully saturated rings.